The fraction of sp³-hybridized carbons (Fsp3) is 0.667. The second-order valence-electron chi connectivity index (χ2n) is 16.1. The Hall–Kier alpha value is -2.85. The SMILES string of the molecule is CC/C=C\C/C=C\C/C=C\C/C=C\C/C=C\C/C=C\CCC(=O)OC[C@H](COP(=O)(O)OCC[N+](C)(C)C)OC(=O)CCCCCCCC1OC1C/C=C\CCCCC. The molecule has 0 aromatic carbocycles. The van der Waals surface area contributed by atoms with Gasteiger partial charge >= 0.3 is 19.8 Å². The van der Waals surface area contributed by atoms with Crippen molar-refractivity contribution in [2.75, 3.05) is 47.5 Å². The van der Waals surface area contributed by atoms with Crippen molar-refractivity contribution in [2.45, 2.75) is 161 Å². The Kier molecular flexibility index (Phi) is 32.9. The summed E-state index contributed by atoms with van der Waals surface area (Å²) in [6, 6.07) is 0. The standard InChI is InChI=1S/C48H80NO9P/c1-6-8-10-12-14-15-16-17-18-19-20-21-22-23-24-25-26-30-34-38-47(50)54-42-44(43-56-59(52,53)55-41-40-49(3,4)5)57-48(51)39-35-31-27-29-33-37-46-45(58-46)36-32-28-13-11-9-7-2/h8,10,14-15,17-18,20-21,23-24,26,28,30,32,44-46H,6-7,9,11-13,16,19,22,25,27,29,31,33-43H2,1-5H3/p+1/b10-8-,15-14-,18-17-,21-20-,24-23-,30-26-,32-28-/t44-,45?,46?/m1/s1. The molecule has 0 aromatic rings. The zero-order chi connectivity index (χ0) is 43.3. The molecule has 11 heteroatoms. The number of allylic oxidation sites excluding steroid dienone is 13. The molecule has 0 bridgehead atoms. The van der Waals surface area contributed by atoms with Gasteiger partial charge in [0.25, 0.3) is 0 Å². The molecule has 0 radical (unpaired) electrons. The lowest BCUT2D eigenvalue weighted by Crippen LogP contribution is -2.37. The Labute approximate surface area is 358 Å². The summed E-state index contributed by atoms with van der Waals surface area (Å²) in [5.74, 6) is -0.929. The second kappa shape index (κ2) is 35.9. The molecule has 0 saturated carbocycles. The van der Waals surface area contributed by atoms with Crippen molar-refractivity contribution in [1.82, 2.24) is 0 Å². The third-order valence-corrected chi connectivity index (χ3v) is 10.3. The van der Waals surface area contributed by atoms with Gasteiger partial charge in [-0.25, -0.2) is 4.57 Å². The van der Waals surface area contributed by atoms with E-state index >= 15 is 0 Å². The number of quaternary nitrogens is 1. The predicted molar refractivity (Wildman–Crippen MR) is 242 cm³/mol. The van der Waals surface area contributed by atoms with E-state index in [2.05, 4.69) is 86.8 Å². The van der Waals surface area contributed by atoms with E-state index in [4.69, 9.17) is 23.3 Å². The highest BCUT2D eigenvalue weighted by molar-refractivity contribution is 7.47. The zero-order valence-corrected chi connectivity index (χ0v) is 38.3. The summed E-state index contributed by atoms with van der Waals surface area (Å²) in [5.41, 5.74) is 0. The van der Waals surface area contributed by atoms with Crippen LogP contribution >= 0.6 is 7.82 Å². The molecule has 3 unspecified atom stereocenters. The Morgan fingerprint density at radius 2 is 1.22 bits per heavy atom. The van der Waals surface area contributed by atoms with Gasteiger partial charge in [-0.1, -0.05) is 137 Å². The average Bonchev–Trinajstić information content (AvgIpc) is 3.94. The van der Waals surface area contributed by atoms with E-state index in [0.29, 0.717) is 36.1 Å². The summed E-state index contributed by atoms with van der Waals surface area (Å²) in [6.07, 6.45) is 48.1. The lowest BCUT2D eigenvalue weighted by atomic mass is 10.1. The molecule has 1 aliphatic heterocycles. The van der Waals surface area contributed by atoms with Crippen molar-refractivity contribution in [3.8, 4) is 0 Å². The molecule has 4 atom stereocenters. The van der Waals surface area contributed by atoms with E-state index in [1.54, 1.807) is 0 Å². The summed E-state index contributed by atoms with van der Waals surface area (Å²) < 4.78 is 40.0. The molecular weight excluding hydrogens is 765 g/mol. The minimum atomic E-state index is -4.41. The van der Waals surface area contributed by atoms with Crippen LogP contribution in [0.3, 0.4) is 0 Å². The summed E-state index contributed by atoms with van der Waals surface area (Å²) in [5, 5.41) is 0. The smallest absolute Gasteiger partial charge is 0.462 e. The van der Waals surface area contributed by atoms with Crippen LogP contribution in [0.25, 0.3) is 0 Å². The third-order valence-electron chi connectivity index (χ3n) is 9.35. The first kappa shape index (κ1) is 54.2. The van der Waals surface area contributed by atoms with Crippen molar-refractivity contribution >= 4 is 19.8 Å². The number of unbranched alkanes of at least 4 members (excludes halogenated alkanes) is 7. The van der Waals surface area contributed by atoms with Crippen LogP contribution < -0.4 is 0 Å². The van der Waals surface area contributed by atoms with Gasteiger partial charge in [0.1, 0.15) is 19.8 Å². The lowest BCUT2D eigenvalue weighted by Gasteiger charge is -2.24. The van der Waals surface area contributed by atoms with E-state index in [-0.39, 0.29) is 26.1 Å². The predicted octanol–water partition coefficient (Wildman–Crippen LogP) is 11.8. The Bertz CT molecular complexity index is 1340. The number of esters is 2. The Balaban J connectivity index is 2.35. The molecule has 0 spiro atoms. The first-order valence-electron chi connectivity index (χ1n) is 22.4. The van der Waals surface area contributed by atoms with Gasteiger partial charge < -0.3 is 23.6 Å². The molecule has 0 aromatic heterocycles. The van der Waals surface area contributed by atoms with Gasteiger partial charge in [0.15, 0.2) is 6.10 Å². The molecule has 0 aliphatic carbocycles. The van der Waals surface area contributed by atoms with Crippen molar-refractivity contribution in [3.63, 3.8) is 0 Å². The van der Waals surface area contributed by atoms with E-state index < -0.39 is 32.5 Å². The van der Waals surface area contributed by atoms with Crippen molar-refractivity contribution < 1.29 is 46.8 Å². The van der Waals surface area contributed by atoms with E-state index in [1.807, 2.05) is 33.3 Å². The minimum absolute atomic E-state index is 0.0100. The van der Waals surface area contributed by atoms with Gasteiger partial charge in [0.2, 0.25) is 0 Å². The van der Waals surface area contributed by atoms with Crippen molar-refractivity contribution in [3.05, 3.63) is 85.1 Å². The van der Waals surface area contributed by atoms with Crippen LogP contribution in [0.5, 0.6) is 0 Å². The number of phosphoric acid groups is 1. The van der Waals surface area contributed by atoms with Gasteiger partial charge in [0, 0.05) is 12.8 Å². The Morgan fingerprint density at radius 3 is 1.83 bits per heavy atom. The topological polar surface area (TPSA) is 121 Å². The van der Waals surface area contributed by atoms with Crippen LogP contribution in [0.4, 0.5) is 0 Å². The monoisotopic (exact) mass is 847 g/mol. The number of carbonyl (C=O) groups excluding carboxylic acids is 2. The van der Waals surface area contributed by atoms with Gasteiger partial charge in [-0.05, 0) is 77.0 Å². The quantitative estimate of drug-likeness (QED) is 0.0162. The highest BCUT2D eigenvalue weighted by Crippen LogP contribution is 2.43. The first-order chi connectivity index (χ1) is 28.5. The van der Waals surface area contributed by atoms with Crippen LogP contribution in [-0.2, 0) is 37.4 Å². The number of hydrogen-bond donors (Lipinski definition) is 1. The number of carbonyl (C=O) groups is 2. The normalized spacial score (nSPS) is 17.8. The van der Waals surface area contributed by atoms with Crippen LogP contribution in [-0.4, -0.2) is 87.1 Å². The first-order valence-corrected chi connectivity index (χ1v) is 23.9. The highest BCUT2D eigenvalue weighted by atomic mass is 31.2. The maximum atomic E-state index is 12.7. The van der Waals surface area contributed by atoms with Crippen LogP contribution in [0.15, 0.2) is 85.1 Å². The van der Waals surface area contributed by atoms with Crippen LogP contribution in [0.1, 0.15) is 142 Å². The van der Waals surface area contributed by atoms with E-state index in [1.165, 1.54) is 19.3 Å². The van der Waals surface area contributed by atoms with Gasteiger partial charge in [0.05, 0.1) is 40.0 Å². The van der Waals surface area contributed by atoms with E-state index in [9.17, 15) is 19.0 Å². The largest absolute Gasteiger partial charge is 0.472 e. The number of hydrogen-bond acceptors (Lipinski definition) is 8. The van der Waals surface area contributed by atoms with E-state index in [0.717, 1.165) is 83.5 Å². The molecule has 1 heterocycles. The molecule has 59 heavy (non-hydrogen) atoms. The van der Waals surface area contributed by atoms with Crippen molar-refractivity contribution in [2.24, 2.45) is 0 Å². The molecule has 1 fully saturated rings. The maximum Gasteiger partial charge on any atom is 0.472 e. The summed E-state index contributed by atoms with van der Waals surface area (Å²) in [4.78, 5) is 35.4. The molecule has 10 nitrogen and oxygen atoms in total. The van der Waals surface area contributed by atoms with Crippen LogP contribution in [0, 0.1) is 0 Å². The number of epoxide rings is 1. The number of likely N-dealkylation sites (N-methyl/N-ethyl adjacent to an activating group) is 1. The molecule has 1 rings (SSSR count). The fourth-order valence-corrected chi connectivity index (χ4v) is 6.49. The Morgan fingerprint density at radius 1 is 0.644 bits per heavy atom. The average molecular weight is 847 g/mol. The third kappa shape index (κ3) is 36.7. The minimum Gasteiger partial charge on any atom is -0.462 e. The molecule has 1 aliphatic rings. The summed E-state index contributed by atoms with van der Waals surface area (Å²) in [6.45, 7) is 4.14. The zero-order valence-electron chi connectivity index (χ0n) is 37.4. The molecular formula is C48H81NO9P+. The van der Waals surface area contributed by atoms with Gasteiger partial charge in [-0.2, -0.15) is 0 Å². The van der Waals surface area contributed by atoms with Gasteiger partial charge in [-0.3, -0.25) is 18.6 Å². The number of nitrogens with zero attached hydrogens (tertiary/aromatic N) is 1. The van der Waals surface area contributed by atoms with Crippen molar-refractivity contribution in [1.29, 1.82) is 0 Å². The van der Waals surface area contributed by atoms with Crippen LogP contribution in [0.2, 0.25) is 0 Å². The van der Waals surface area contributed by atoms with Gasteiger partial charge in [-0.15, -0.1) is 0 Å². The number of ether oxygens (including phenoxy) is 3. The molecule has 1 saturated heterocycles. The molecule has 1 N–H and O–H groups in total. The maximum absolute atomic E-state index is 12.7. The summed E-state index contributed by atoms with van der Waals surface area (Å²) >= 11 is 0. The molecule has 0 amide bonds. The highest BCUT2D eigenvalue weighted by Gasteiger charge is 2.36. The lowest BCUT2D eigenvalue weighted by molar-refractivity contribution is -0.870. The number of phosphoric ester groups is 1. The molecule has 336 valence electrons. The second-order valence-corrected chi connectivity index (χ2v) is 17.5. The summed E-state index contributed by atoms with van der Waals surface area (Å²) in [7, 11) is 1.40. The number of rotatable bonds is 38. The fourth-order valence-electron chi connectivity index (χ4n) is 5.75.